The van der Waals surface area contributed by atoms with E-state index >= 15 is 0 Å². The van der Waals surface area contributed by atoms with E-state index in [-0.39, 0.29) is 11.4 Å². The predicted octanol–water partition coefficient (Wildman–Crippen LogP) is 5.13. The van der Waals surface area contributed by atoms with Crippen LogP contribution in [-0.2, 0) is 22.6 Å². The lowest BCUT2D eigenvalue weighted by Gasteiger charge is -2.17. The number of amides is 1. The van der Waals surface area contributed by atoms with Crippen molar-refractivity contribution in [1.29, 1.82) is 0 Å². The normalized spacial score (nSPS) is 11.6. The highest BCUT2D eigenvalue weighted by molar-refractivity contribution is 6.33. The Hall–Kier alpha value is -3.62. The number of benzene rings is 3. The molecule has 1 unspecified atom stereocenters. The maximum atomic E-state index is 14.1. The zero-order chi connectivity index (χ0) is 26.2. The van der Waals surface area contributed by atoms with Crippen molar-refractivity contribution in [2.24, 2.45) is 0 Å². The molecule has 0 saturated heterocycles. The Morgan fingerprint density at radius 1 is 1.03 bits per heavy atom. The molecule has 0 aliphatic carbocycles. The second kappa shape index (κ2) is 12.4. The van der Waals surface area contributed by atoms with Gasteiger partial charge in [-0.25, -0.2) is 9.18 Å². The quantitative estimate of drug-likeness (QED) is 0.368. The Bertz CT molecular complexity index is 1190. The lowest BCUT2D eigenvalue weighted by atomic mass is 9.98. The third kappa shape index (κ3) is 6.33. The first-order valence-corrected chi connectivity index (χ1v) is 11.6. The number of methoxy groups -OCH3 is 2. The van der Waals surface area contributed by atoms with Crippen molar-refractivity contribution < 1.29 is 33.3 Å². The zero-order valence-electron chi connectivity index (χ0n) is 20.1. The van der Waals surface area contributed by atoms with E-state index in [1.807, 2.05) is 31.2 Å². The lowest BCUT2D eigenvalue weighted by molar-refractivity contribution is -0.139. The van der Waals surface area contributed by atoms with Gasteiger partial charge < -0.3 is 24.6 Å². The molecule has 36 heavy (non-hydrogen) atoms. The number of halogens is 2. The summed E-state index contributed by atoms with van der Waals surface area (Å²) in [4.78, 5) is 24.3. The van der Waals surface area contributed by atoms with Crippen LogP contribution in [0.2, 0.25) is 5.02 Å². The van der Waals surface area contributed by atoms with E-state index in [1.165, 1.54) is 12.1 Å². The summed E-state index contributed by atoms with van der Waals surface area (Å²) in [7, 11) is 3.14. The molecular formula is C27H27ClFNO6. The molecule has 0 saturated carbocycles. The maximum Gasteiger partial charge on any atom is 0.326 e. The molecule has 1 amide bonds. The summed E-state index contributed by atoms with van der Waals surface area (Å²) in [6.45, 7) is 2.92. The number of rotatable bonds is 11. The SMILES string of the molecule is CCOCc1cc(OC)c(-c2ccc(CC(NC(=O)c3c(F)cccc3Cl)C(=O)O)cc2)c(OC)c1. The summed E-state index contributed by atoms with van der Waals surface area (Å²) >= 11 is 5.93. The van der Waals surface area contributed by atoms with Crippen LogP contribution in [0.1, 0.15) is 28.4 Å². The summed E-state index contributed by atoms with van der Waals surface area (Å²) < 4.78 is 30.7. The van der Waals surface area contributed by atoms with Gasteiger partial charge in [0.15, 0.2) is 0 Å². The molecule has 190 valence electrons. The van der Waals surface area contributed by atoms with Crippen molar-refractivity contribution >= 4 is 23.5 Å². The molecule has 3 aromatic carbocycles. The topological polar surface area (TPSA) is 94.1 Å². The van der Waals surface area contributed by atoms with Crippen LogP contribution in [-0.4, -0.2) is 43.9 Å². The molecule has 0 heterocycles. The monoisotopic (exact) mass is 515 g/mol. The Kier molecular flexibility index (Phi) is 9.27. The number of carboxylic acids is 1. The van der Waals surface area contributed by atoms with Crippen molar-refractivity contribution in [3.05, 3.63) is 82.1 Å². The number of carbonyl (C=O) groups is 2. The molecule has 7 nitrogen and oxygen atoms in total. The first kappa shape index (κ1) is 27.0. The fraction of sp³-hybridized carbons (Fsp3) is 0.259. The van der Waals surface area contributed by atoms with E-state index in [2.05, 4.69) is 5.32 Å². The van der Waals surface area contributed by atoms with Gasteiger partial charge in [0.2, 0.25) is 0 Å². The van der Waals surface area contributed by atoms with Gasteiger partial charge in [-0.2, -0.15) is 0 Å². The van der Waals surface area contributed by atoms with Crippen LogP contribution >= 0.6 is 11.6 Å². The summed E-state index contributed by atoms with van der Waals surface area (Å²) in [5, 5.41) is 11.9. The molecular weight excluding hydrogens is 489 g/mol. The van der Waals surface area contributed by atoms with Crippen molar-refractivity contribution in [3.8, 4) is 22.6 Å². The first-order valence-electron chi connectivity index (χ1n) is 11.2. The van der Waals surface area contributed by atoms with Crippen molar-refractivity contribution in [2.75, 3.05) is 20.8 Å². The van der Waals surface area contributed by atoms with E-state index in [0.29, 0.717) is 30.3 Å². The Labute approximate surface area is 213 Å². The first-order chi connectivity index (χ1) is 17.3. The van der Waals surface area contributed by atoms with Crippen LogP contribution in [0.15, 0.2) is 54.6 Å². The molecule has 0 aromatic heterocycles. The van der Waals surface area contributed by atoms with Gasteiger partial charge in [-0.05, 0) is 47.9 Å². The van der Waals surface area contributed by atoms with Gasteiger partial charge in [-0.1, -0.05) is 41.9 Å². The third-order valence-corrected chi connectivity index (χ3v) is 5.83. The minimum Gasteiger partial charge on any atom is -0.496 e. The fourth-order valence-electron chi connectivity index (χ4n) is 3.74. The largest absolute Gasteiger partial charge is 0.496 e. The minimum absolute atomic E-state index is 0.0189. The molecule has 1 atom stereocenters. The number of carboxylic acid groups (broad SMARTS) is 1. The highest BCUT2D eigenvalue weighted by Gasteiger charge is 2.24. The Morgan fingerprint density at radius 2 is 1.67 bits per heavy atom. The molecule has 3 rings (SSSR count). The third-order valence-electron chi connectivity index (χ3n) is 5.51. The predicted molar refractivity (Wildman–Crippen MR) is 134 cm³/mol. The van der Waals surface area contributed by atoms with Crippen LogP contribution in [0.3, 0.4) is 0 Å². The number of ether oxygens (including phenoxy) is 3. The summed E-state index contributed by atoms with van der Waals surface area (Å²) in [6.07, 6.45) is -0.0189. The van der Waals surface area contributed by atoms with E-state index in [1.54, 1.807) is 26.4 Å². The van der Waals surface area contributed by atoms with E-state index in [0.717, 1.165) is 22.8 Å². The summed E-state index contributed by atoms with van der Waals surface area (Å²) in [5.74, 6) is -1.77. The Morgan fingerprint density at radius 3 is 2.19 bits per heavy atom. The van der Waals surface area contributed by atoms with E-state index in [9.17, 15) is 19.1 Å². The highest BCUT2D eigenvalue weighted by Crippen LogP contribution is 2.40. The summed E-state index contributed by atoms with van der Waals surface area (Å²) in [6, 6.07) is 13.4. The van der Waals surface area contributed by atoms with E-state index < -0.39 is 29.3 Å². The number of carbonyl (C=O) groups excluding carboxylic acids is 1. The second-order valence-electron chi connectivity index (χ2n) is 7.87. The Balaban J connectivity index is 1.83. The number of nitrogens with one attached hydrogen (secondary N) is 1. The minimum atomic E-state index is -1.29. The van der Waals surface area contributed by atoms with E-state index in [4.69, 9.17) is 25.8 Å². The van der Waals surface area contributed by atoms with Crippen LogP contribution in [0.5, 0.6) is 11.5 Å². The fourth-order valence-corrected chi connectivity index (χ4v) is 3.99. The van der Waals surface area contributed by atoms with Gasteiger partial charge in [0.05, 0.1) is 37.0 Å². The smallest absolute Gasteiger partial charge is 0.326 e. The molecule has 9 heteroatoms. The number of hydrogen-bond donors (Lipinski definition) is 2. The second-order valence-corrected chi connectivity index (χ2v) is 8.28. The molecule has 2 N–H and O–H groups in total. The molecule has 0 aliphatic rings. The van der Waals surface area contributed by atoms with Crippen LogP contribution in [0.25, 0.3) is 11.1 Å². The average molecular weight is 516 g/mol. The van der Waals surface area contributed by atoms with Gasteiger partial charge in [-0.3, -0.25) is 4.79 Å². The van der Waals surface area contributed by atoms with Gasteiger partial charge in [0.1, 0.15) is 23.4 Å². The standard InChI is InChI=1S/C27H27ClFNO6/c1-4-36-15-17-13-22(34-2)24(23(14-17)35-3)18-10-8-16(9-11-18)12-21(27(32)33)30-26(31)25-19(28)6-5-7-20(25)29/h5-11,13-14,21H,4,12,15H2,1-3H3,(H,30,31)(H,32,33). The van der Waals surface area contributed by atoms with Crippen molar-refractivity contribution in [3.63, 3.8) is 0 Å². The van der Waals surface area contributed by atoms with Crippen LogP contribution in [0.4, 0.5) is 4.39 Å². The summed E-state index contributed by atoms with van der Waals surface area (Å²) in [5.41, 5.74) is 2.69. The van der Waals surface area contributed by atoms with Gasteiger partial charge in [0.25, 0.3) is 5.91 Å². The van der Waals surface area contributed by atoms with Crippen molar-refractivity contribution in [1.82, 2.24) is 5.32 Å². The molecule has 0 bridgehead atoms. The average Bonchev–Trinajstić information content (AvgIpc) is 2.86. The van der Waals surface area contributed by atoms with Gasteiger partial charge >= 0.3 is 5.97 Å². The molecule has 0 fully saturated rings. The lowest BCUT2D eigenvalue weighted by Crippen LogP contribution is -2.42. The maximum absolute atomic E-state index is 14.1. The van der Waals surface area contributed by atoms with Crippen LogP contribution < -0.4 is 14.8 Å². The number of aliphatic carboxylic acids is 1. The highest BCUT2D eigenvalue weighted by atomic mass is 35.5. The van der Waals surface area contributed by atoms with Gasteiger partial charge in [-0.15, -0.1) is 0 Å². The number of hydrogen-bond acceptors (Lipinski definition) is 5. The zero-order valence-corrected chi connectivity index (χ0v) is 20.9. The molecule has 0 radical (unpaired) electrons. The van der Waals surface area contributed by atoms with Crippen LogP contribution in [0, 0.1) is 5.82 Å². The molecule has 0 aliphatic heterocycles. The van der Waals surface area contributed by atoms with Crippen molar-refractivity contribution in [2.45, 2.75) is 26.0 Å². The molecule has 0 spiro atoms. The van der Waals surface area contributed by atoms with Gasteiger partial charge in [0, 0.05) is 13.0 Å². The molecule has 3 aromatic rings.